The number of hydrogen-bond acceptors (Lipinski definition) is 3. The molecule has 1 aliphatic heterocycles. The Labute approximate surface area is 127 Å². The first-order valence-electron chi connectivity index (χ1n) is 7.74. The molecular weight excluding hydrogens is 263 g/mol. The lowest BCUT2D eigenvalue weighted by atomic mass is 9.74. The van der Waals surface area contributed by atoms with E-state index in [1.165, 1.54) is 11.1 Å². The van der Waals surface area contributed by atoms with E-state index in [-0.39, 0.29) is 24.1 Å². The van der Waals surface area contributed by atoms with Crippen LogP contribution in [0.5, 0.6) is 0 Å². The van der Waals surface area contributed by atoms with Gasteiger partial charge in [0.15, 0.2) is 5.78 Å². The molecule has 0 unspecified atom stereocenters. The highest BCUT2D eigenvalue weighted by molar-refractivity contribution is 6.62. The fourth-order valence-corrected chi connectivity index (χ4v) is 3.25. The number of ketones is 1. The average molecular weight is 286 g/mol. The van der Waals surface area contributed by atoms with E-state index in [4.69, 9.17) is 9.31 Å². The molecule has 0 N–H and O–H groups in total. The summed E-state index contributed by atoms with van der Waals surface area (Å²) < 4.78 is 12.3. The number of benzene rings is 1. The van der Waals surface area contributed by atoms with Gasteiger partial charge in [0.05, 0.1) is 11.2 Å². The highest BCUT2D eigenvalue weighted by Gasteiger charge is 2.52. The van der Waals surface area contributed by atoms with E-state index >= 15 is 0 Å². The Morgan fingerprint density at radius 1 is 1.05 bits per heavy atom. The first-order chi connectivity index (χ1) is 9.73. The molecule has 0 amide bonds. The minimum absolute atomic E-state index is 0.147. The van der Waals surface area contributed by atoms with Crippen molar-refractivity contribution < 1.29 is 14.1 Å². The molecule has 0 atom stereocenters. The molecule has 0 bridgehead atoms. The van der Waals surface area contributed by atoms with Gasteiger partial charge in [-0.05, 0) is 70.5 Å². The predicted octanol–water partition coefficient (Wildman–Crippen LogP) is 2.68. The van der Waals surface area contributed by atoms with Crippen LogP contribution >= 0.6 is 0 Å². The van der Waals surface area contributed by atoms with Crippen LogP contribution in [-0.2, 0) is 22.2 Å². The van der Waals surface area contributed by atoms with Crippen LogP contribution in [-0.4, -0.2) is 24.1 Å². The lowest BCUT2D eigenvalue weighted by Gasteiger charge is -2.32. The second-order valence-electron chi connectivity index (χ2n) is 7.16. The van der Waals surface area contributed by atoms with Gasteiger partial charge in [-0.15, -0.1) is 0 Å². The predicted molar refractivity (Wildman–Crippen MR) is 84.2 cm³/mol. The zero-order valence-corrected chi connectivity index (χ0v) is 13.6. The molecule has 0 saturated carbocycles. The highest BCUT2D eigenvalue weighted by atomic mass is 16.7. The number of carbonyl (C=O) groups is 1. The van der Waals surface area contributed by atoms with Gasteiger partial charge in [-0.2, -0.15) is 0 Å². The third-order valence-corrected chi connectivity index (χ3v) is 5.21. The average Bonchev–Trinajstić information content (AvgIpc) is 2.91. The van der Waals surface area contributed by atoms with Crippen molar-refractivity contribution in [2.75, 3.05) is 0 Å². The summed E-state index contributed by atoms with van der Waals surface area (Å²) in [6.45, 7) is 9.91. The molecule has 0 aromatic heterocycles. The summed E-state index contributed by atoms with van der Waals surface area (Å²) in [5.41, 5.74) is 3.77. The van der Waals surface area contributed by atoms with E-state index in [2.05, 4.69) is 27.7 Å². The molecule has 21 heavy (non-hydrogen) atoms. The fourth-order valence-electron chi connectivity index (χ4n) is 3.25. The molecule has 0 spiro atoms. The van der Waals surface area contributed by atoms with Gasteiger partial charge in [0.1, 0.15) is 0 Å². The van der Waals surface area contributed by atoms with E-state index in [9.17, 15) is 4.79 Å². The number of Topliss-reactive ketones (excluding diaryl/α,β-unsaturated/α-hetero) is 1. The number of fused-ring (bicyclic) bond motifs is 1. The van der Waals surface area contributed by atoms with E-state index < -0.39 is 0 Å². The Kier molecular flexibility index (Phi) is 3.30. The van der Waals surface area contributed by atoms with Crippen molar-refractivity contribution in [3.8, 4) is 0 Å². The Morgan fingerprint density at radius 2 is 1.62 bits per heavy atom. The maximum Gasteiger partial charge on any atom is 0.495 e. The molecule has 1 saturated heterocycles. The molecule has 1 aromatic carbocycles. The second-order valence-corrected chi connectivity index (χ2v) is 7.16. The Balaban J connectivity index is 2.02. The lowest BCUT2D eigenvalue weighted by molar-refractivity contribution is 0.00578. The summed E-state index contributed by atoms with van der Waals surface area (Å²) >= 11 is 0. The van der Waals surface area contributed by atoms with Gasteiger partial charge in [-0.1, -0.05) is 12.1 Å². The van der Waals surface area contributed by atoms with Crippen molar-refractivity contribution in [1.29, 1.82) is 0 Å². The van der Waals surface area contributed by atoms with E-state index in [1.807, 2.05) is 12.1 Å². The largest absolute Gasteiger partial charge is 0.495 e. The van der Waals surface area contributed by atoms with Crippen LogP contribution in [0.2, 0.25) is 0 Å². The van der Waals surface area contributed by atoms with E-state index in [0.29, 0.717) is 0 Å². The third kappa shape index (κ3) is 2.25. The summed E-state index contributed by atoms with van der Waals surface area (Å²) in [5, 5.41) is 0. The molecule has 112 valence electrons. The summed E-state index contributed by atoms with van der Waals surface area (Å²) in [7, 11) is -0.331. The van der Waals surface area contributed by atoms with Crippen molar-refractivity contribution in [2.45, 2.75) is 65.1 Å². The van der Waals surface area contributed by atoms with Gasteiger partial charge in [0.2, 0.25) is 0 Å². The van der Waals surface area contributed by atoms with Gasteiger partial charge in [-0.25, -0.2) is 0 Å². The van der Waals surface area contributed by atoms with Crippen molar-refractivity contribution in [3.05, 3.63) is 28.8 Å². The van der Waals surface area contributed by atoms with Crippen molar-refractivity contribution >= 4 is 18.4 Å². The number of carbonyl (C=O) groups excluding carboxylic acids is 1. The first kappa shape index (κ1) is 14.8. The molecule has 1 aromatic rings. The van der Waals surface area contributed by atoms with Crippen LogP contribution in [0.3, 0.4) is 0 Å². The SMILES string of the molecule is CC(=O)c1ccc(B2OC(C)(C)C(C)(C)O2)c2c1CCC2. The van der Waals surface area contributed by atoms with E-state index in [0.717, 1.165) is 30.3 Å². The first-order valence-corrected chi connectivity index (χ1v) is 7.74. The molecule has 0 radical (unpaired) electrons. The number of hydrogen-bond donors (Lipinski definition) is 0. The summed E-state index contributed by atoms with van der Waals surface area (Å²) in [6, 6.07) is 3.95. The molecular formula is C17H23BO3. The maximum atomic E-state index is 11.8. The topological polar surface area (TPSA) is 35.5 Å². The van der Waals surface area contributed by atoms with Gasteiger partial charge in [0.25, 0.3) is 0 Å². The minimum atomic E-state index is -0.331. The maximum absolute atomic E-state index is 11.8. The van der Waals surface area contributed by atoms with Crippen LogP contribution in [0.1, 0.15) is 62.5 Å². The Bertz CT molecular complexity index is 588. The zero-order chi connectivity index (χ0) is 15.4. The Morgan fingerprint density at radius 3 is 2.19 bits per heavy atom. The van der Waals surface area contributed by atoms with Crippen LogP contribution < -0.4 is 5.46 Å². The van der Waals surface area contributed by atoms with Crippen LogP contribution in [0.15, 0.2) is 12.1 Å². The molecule has 1 fully saturated rings. The summed E-state index contributed by atoms with van der Waals surface area (Å²) in [5.74, 6) is 0.147. The van der Waals surface area contributed by atoms with Gasteiger partial charge in [0, 0.05) is 5.56 Å². The lowest BCUT2D eigenvalue weighted by Crippen LogP contribution is -2.41. The normalized spacial score (nSPS) is 22.4. The number of rotatable bonds is 2. The molecule has 3 rings (SSSR count). The smallest absolute Gasteiger partial charge is 0.399 e. The zero-order valence-electron chi connectivity index (χ0n) is 13.6. The summed E-state index contributed by atoms with van der Waals surface area (Å²) in [6.07, 6.45) is 3.10. The standard InChI is InChI=1S/C17H23BO3/c1-11(19)12-9-10-15(14-8-6-7-13(12)14)18-20-16(2,3)17(4,5)21-18/h9-10H,6-8H2,1-5H3. The quantitative estimate of drug-likeness (QED) is 0.619. The molecule has 3 nitrogen and oxygen atoms in total. The fraction of sp³-hybridized carbons (Fsp3) is 0.588. The van der Waals surface area contributed by atoms with Crippen molar-refractivity contribution in [3.63, 3.8) is 0 Å². The molecule has 4 heteroatoms. The van der Waals surface area contributed by atoms with Crippen LogP contribution in [0.4, 0.5) is 0 Å². The van der Waals surface area contributed by atoms with Gasteiger partial charge in [-0.3, -0.25) is 4.79 Å². The Hall–Kier alpha value is -1.13. The molecule has 1 aliphatic carbocycles. The van der Waals surface area contributed by atoms with Crippen molar-refractivity contribution in [1.82, 2.24) is 0 Å². The van der Waals surface area contributed by atoms with Crippen LogP contribution in [0.25, 0.3) is 0 Å². The van der Waals surface area contributed by atoms with Crippen LogP contribution in [0, 0.1) is 0 Å². The minimum Gasteiger partial charge on any atom is -0.399 e. The molecule has 2 aliphatic rings. The second kappa shape index (κ2) is 4.69. The van der Waals surface area contributed by atoms with Crippen molar-refractivity contribution in [2.24, 2.45) is 0 Å². The summed E-state index contributed by atoms with van der Waals surface area (Å²) in [4.78, 5) is 11.8. The van der Waals surface area contributed by atoms with Gasteiger partial charge >= 0.3 is 7.12 Å². The third-order valence-electron chi connectivity index (χ3n) is 5.21. The monoisotopic (exact) mass is 286 g/mol. The van der Waals surface area contributed by atoms with E-state index in [1.54, 1.807) is 6.92 Å². The van der Waals surface area contributed by atoms with Gasteiger partial charge < -0.3 is 9.31 Å². The molecule has 1 heterocycles. The highest BCUT2D eigenvalue weighted by Crippen LogP contribution is 2.37.